The molecule has 0 bridgehead atoms. The van der Waals surface area contributed by atoms with Crippen LogP contribution in [0.15, 0.2) is 53.8 Å². The van der Waals surface area contributed by atoms with Crippen LogP contribution in [0.4, 0.5) is 11.5 Å². The number of hydrogen-bond acceptors (Lipinski definition) is 8. The zero-order valence-corrected chi connectivity index (χ0v) is 20.0. The van der Waals surface area contributed by atoms with Gasteiger partial charge in [0.2, 0.25) is 5.88 Å². The smallest absolute Gasteiger partial charge is 0.219 e. The molecule has 0 unspecified atom stereocenters. The number of rotatable bonds is 8. The minimum Gasteiger partial charge on any atom is -0.477 e. The summed E-state index contributed by atoms with van der Waals surface area (Å²) in [6.45, 7) is 7.55. The van der Waals surface area contributed by atoms with Crippen molar-refractivity contribution in [3.8, 4) is 5.88 Å². The number of nitrogens with zero attached hydrogens (tertiary/aromatic N) is 5. The van der Waals surface area contributed by atoms with Crippen molar-refractivity contribution in [2.75, 3.05) is 43.2 Å². The zero-order chi connectivity index (χ0) is 24.0. The van der Waals surface area contributed by atoms with E-state index in [4.69, 9.17) is 14.5 Å². The van der Waals surface area contributed by atoms with E-state index in [2.05, 4.69) is 56.4 Å². The molecule has 0 saturated carbocycles. The lowest BCUT2D eigenvalue weighted by Gasteiger charge is -2.28. The van der Waals surface area contributed by atoms with Crippen LogP contribution in [0, 0.1) is 13.8 Å². The number of anilines is 2. The van der Waals surface area contributed by atoms with Crippen molar-refractivity contribution in [1.29, 1.82) is 0 Å². The molecule has 1 saturated heterocycles. The van der Waals surface area contributed by atoms with Gasteiger partial charge in [-0.25, -0.2) is 4.98 Å². The molecule has 1 aromatic carbocycles. The molecule has 0 amide bonds. The third-order valence-electron chi connectivity index (χ3n) is 6.06. The first-order valence-corrected chi connectivity index (χ1v) is 11.8. The number of H-pyrrole nitrogens is 1. The average Bonchev–Trinajstić information content (AvgIpc) is 3.18. The van der Waals surface area contributed by atoms with Crippen molar-refractivity contribution < 1.29 is 9.47 Å². The number of ether oxygens (including phenoxy) is 2. The first-order valence-electron chi connectivity index (χ1n) is 11.8. The lowest BCUT2D eigenvalue weighted by molar-refractivity contribution is 0.122. The Labute approximate surface area is 204 Å². The Morgan fingerprint density at radius 2 is 2.03 bits per heavy atom. The highest BCUT2D eigenvalue weighted by Gasteiger charge is 2.15. The molecule has 0 atom stereocenters. The number of fused-ring (bicyclic) bond motifs is 1. The van der Waals surface area contributed by atoms with E-state index in [0.29, 0.717) is 37.9 Å². The van der Waals surface area contributed by atoms with Crippen LogP contribution in [0.25, 0.3) is 10.9 Å². The number of hydrazone groups is 1. The van der Waals surface area contributed by atoms with Crippen molar-refractivity contribution in [2.45, 2.75) is 20.3 Å². The molecule has 3 aromatic heterocycles. The minimum atomic E-state index is 0.473. The van der Waals surface area contributed by atoms with Gasteiger partial charge >= 0.3 is 0 Å². The molecule has 4 aromatic rings. The SMILES string of the molecule is Cc1[nH]c2ccc(NN=Cc3nc(OCCc4ccccn4)cc(N4CCOCC4)n3)cc2c1C. The first kappa shape index (κ1) is 22.8. The number of aromatic amines is 1. The fraction of sp³-hybridized carbons (Fsp3) is 0.308. The summed E-state index contributed by atoms with van der Waals surface area (Å²) in [5.41, 5.74) is 8.49. The van der Waals surface area contributed by atoms with E-state index in [1.54, 1.807) is 12.4 Å². The van der Waals surface area contributed by atoms with Crippen LogP contribution < -0.4 is 15.1 Å². The number of aromatic nitrogens is 4. The Morgan fingerprint density at radius 3 is 2.86 bits per heavy atom. The maximum Gasteiger partial charge on any atom is 0.219 e. The molecular formula is C26H29N7O2. The molecular weight excluding hydrogens is 442 g/mol. The highest BCUT2D eigenvalue weighted by molar-refractivity contribution is 5.87. The molecule has 1 fully saturated rings. The molecule has 0 spiro atoms. The maximum absolute atomic E-state index is 5.98. The van der Waals surface area contributed by atoms with Gasteiger partial charge in [0.25, 0.3) is 0 Å². The summed E-state index contributed by atoms with van der Waals surface area (Å²) in [5, 5.41) is 5.57. The molecule has 35 heavy (non-hydrogen) atoms. The van der Waals surface area contributed by atoms with Crippen LogP contribution >= 0.6 is 0 Å². The largest absolute Gasteiger partial charge is 0.477 e. The first-order chi connectivity index (χ1) is 17.2. The van der Waals surface area contributed by atoms with E-state index in [1.165, 1.54) is 16.6 Å². The summed E-state index contributed by atoms with van der Waals surface area (Å²) < 4.78 is 11.5. The van der Waals surface area contributed by atoms with Crippen LogP contribution in [0.5, 0.6) is 5.88 Å². The predicted octanol–water partition coefficient (Wildman–Crippen LogP) is 3.87. The Morgan fingerprint density at radius 1 is 1.14 bits per heavy atom. The number of morpholine rings is 1. The summed E-state index contributed by atoms with van der Waals surface area (Å²) in [7, 11) is 0. The molecule has 2 N–H and O–H groups in total. The number of benzene rings is 1. The van der Waals surface area contributed by atoms with E-state index >= 15 is 0 Å². The van der Waals surface area contributed by atoms with Gasteiger partial charge in [-0.15, -0.1) is 0 Å². The Balaban J connectivity index is 1.32. The molecule has 5 rings (SSSR count). The van der Waals surface area contributed by atoms with E-state index in [-0.39, 0.29) is 0 Å². The van der Waals surface area contributed by atoms with E-state index in [1.807, 2.05) is 30.3 Å². The quantitative estimate of drug-likeness (QED) is 0.297. The van der Waals surface area contributed by atoms with Gasteiger partial charge in [0, 0.05) is 54.1 Å². The molecule has 1 aliphatic rings. The predicted molar refractivity (Wildman–Crippen MR) is 137 cm³/mol. The lowest BCUT2D eigenvalue weighted by atomic mass is 10.1. The van der Waals surface area contributed by atoms with Crippen molar-refractivity contribution in [2.24, 2.45) is 5.10 Å². The van der Waals surface area contributed by atoms with Crippen LogP contribution in [0.1, 0.15) is 22.8 Å². The van der Waals surface area contributed by atoms with Crippen molar-refractivity contribution in [3.05, 3.63) is 71.4 Å². The molecule has 180 valence electrons. The van der Waals surface area contributed by atoms with Crippen LogP contribution in [0.3, 0.4) is 0 Å². The summed E-state index contributed by atoms with van der Waals surface area (Å²) in [6.07, 6.45) is 4.10. The van der Waals surface area contributed by atoms with Gasteiger partial charge in [0.1, 0.15) is 5.82 Å². The van der Waals surface area contributed by atoms with E-state index in [9.17, 15) is 0 Å². The number of pyridine rings is 1. The van der Waals surface area contributed by atoms with Crippen LogP contribution in [-0.4, -0.2) is 59.1 Å². The van der Waals surface area contributed by atoms with Gasteiger partial charge in [-0.2, -0.15) is 10.1 Å². The topological polar surface area (TPSA) is 101 Å². The summed E-state index contributed by atoms with van der Waals surface area (Å²) in [5.74, 6) is 1.79. The molecule has 0 radical (unpaired) electrons. The normalized spacial score (nSPS) is 14.1. The highest BCUT2D eigenvalue weighted by Crippen LogP contribution is 2.24. The number of nitrogens with one attached hydrogen (secondary N) is 2. The fourth-order valence-electron chi connectivity index (χ4n) is 4.02. The monoisotopic (exact) mass is 471 g/mol. The van der Waals surface area contributed by atoms with Crippen molar-refractivity contribution in [3.63, 3.8) is 0 Å². The second-order valence-corrected chi connectivity index (χ2v) is 8.45. The lowest BCUT2D eigenvalue weighted by Crippen LogP contribution is -2.37. The Kier molecular flexibility index (Phi) is 6.85. The standard InChI is InChI=1S/C26H29N7O2/c1-18-19(2)29-23-7-6-21(15-22(18)23)32-28-17-24-30-25(33-10-13-34-14-11-33)16-26(31-24)35-12-8-20-5-3-4-9-27-20/h3-7,9,15-17,29,32H,8,10-14H2,1-2H3. The number of aryl methyl sites for hydroxylation is 2. The van der Waals surface area contributed by atoms with Gasteiger partial charge in [-0.3, -0.25) is 10.4 Å². The molecule has 1 aliphatic heterocycles. The second-order valence-electron chi connectivity index (χ2n) is 8.45. The second kappa shape index (κ2) is 10.5. The highest BCUT2D eigenvalue weighted by atomic mass is 16.5. The molecule has 9 heteroatoms. The van der Waals surface area contributed by atoms with Gasteiger partial charge in [-0.1, -0.05) is 6.07 Å². The minimum absolute atomic E-state index is 0.473. The van der Waals surface area contributed by atoms with Crippen LogP contribution in [0.2, 0.25) is 0 Å². The van der Waals surface area contributed by atoms with Crippen molar-refractivity contribution >= 4 is 28.6 Å². The summed E-state index contributed by atoms with van der Waals surface area (Å²) in [4.78, 5) is 19.2. The van der Waals surface area contributed by atoms with Crippen LogP contribution in [-0.2, 0) is 11.2 Å². The average molecular weight is 472 g/mol. The molecule has 0 aliphatic carbocycles. The van der Waals surface area contributed by atoms with E-state index in [0.717, 1.165) is 35.8 Å². The fourth-order valence-corrected chi connectivity index (χ4v) is 4.02. The Bertz CT molecular complexity index is 1310. The van der Waals surface area contributed by atoms with Crippen molar-refractivity contribution in [1.82, 2.24) is 19.9 Å². The third kappa shape index (κ3) is 5.58. The zero-order valence-electron chi connectivity index (χ0n) is 20.0. The van der Waals surface area contributed by atoms with Gasteiger partial charge in [0.15, 0.2) is 5.82 Å². The summed E-state index contributed by atoms with van der Waals surface area (Å²) in [6, 6.07) is 13.9. The maximum atomic E-state index is 5.98. The van der Waals surface area contributed by atoms with Gasteiger partial charge in [-0.05, 0) is 49.7 Å². The molecule has 4 heterocycles. The Hall–Kier alpha value is -3.98. The van der Waals surface area contributed by atoms with E-state index < -0.39 is 0 Å². The van der Waals surface area contributed by atoms with Gasteiger partial charge in [0.05, 0.1) is 31.7 Å². The summed E-state index contributed by atoms with van der Waals surface area (Å²) >= 11 is 0. The number of hydrogen-bond donors (Lipinski definition) is 2. The molecule has 9 nitrogen and oxygen atoms in total. The van der Waals surface area contributed by atoms with Gasteiger partial charge < -0.3 is 19.4 Å². The third-order valence-corrected chi connectivity index (χ3v) is 6.06.